The molecule has 1 fully saturated rings. The quantitative estimate of drug-likeness (QED) is 0.679. The fourth-order valence-corrected chi connectivity index (χ4v) is 1.94. The van der Waals surface area contributed by atoms with Gasteiger partial charge in [-0.05, 0) is 19.8 Å². The molecule has 1 heterocycles. The highest BCUT2D eigenvalue weighted by Gasteiger charge is 2.45. The summed E-state index contributed by atoms with van der Waals surface area (Å²) in [6, 6.07) is 0. The smallest absolute Gasteiger partial charge is 0.312 e. The average Bonchev–Trinajstić information content (AvgIpc) is 2.44. The molecule has 1 saturated heterocycles. The third kappa shape index (κ3) is 1.85. The van der Waals surface area contributed by atoms with Crippen LogP contribution in [0.25, 0.3) is 0 Å². The van der Waals surface area contributed by atoms with Crippen molar-refractivity contribution in [3.63, 3.8) is 0 Å². The summed E-state index contributed by atoms with van der Waals surface area (Å²) >= 11 is 0. The third-order valence-corrected chi connectivity index (χ3v) is 3.04. The molecule has 0 aromatic carbocycles. The van der Waals surface area contributed by atoms with Crippen molar-refractivity contribution in [2.75, 3.05) is 0 Å². The van der Waals surface area contributed by atoms with Crippen LogP contribution in [0, 0.1) is 5.92 Å². The predicted molar refractivity (Wildman–Crippen MR) is 49.2 cm³/mol. The normalized spacial score (nSPS) is 29.1. The third-order valence-electron chi connectivity index (χ3n) is 3.04. The van der Waals surface area contributed by atoms with E-state index in [0.29, 0.717) is 19.3 Å². The van der Waals surface area contributed by atoms with Crippen LogP contribution in [0.2, 0.25) is 0 Å². The number of aliphatic hydroxyl groups is 1. The molecule has 1 N–H and O–H groups in total. The number of hydrogen-bond acceptors (Lipinski definition) is 3. The Morgan fingerprint density at radius 3 is 2.38 bits per heavy atom. The van der Waals surface area contributed by atoms with Crippen molar-refractivity contribution in [2.45, 2.75) is 51.7 Å². The molecule has 1 rings (SSSR count). The fraction of sp³-hybridized carbons (Fsp3) is 0.900. The monoisotopic (exact) mass is 186 g/mol. The van der Waals surface area contributed by atoms with Gasteiger partial charge in [-0.1, -0.05) is 13.8 Å². The van der Waals surface area contributed by atoms with E-state index in [1.807, 2.05) is 20.8 Å². The van der Waals surface area contributed by atoms with E-state index in [0.717, 1.165) is 0 Å². The molecule has 0 bridgehead atoms. The number of hydrogen-bond donors (Lipinski definition) is 1. The summed E-state index contributed by atoms with van der Waals surface area (Å²) in [5.74, 6) is -0.559. The second-order valence-electron chi connectivity index (χ2n) is 3.85. The van der Waals surface area contributed by atoms with E-state index in [1.54, 1.807) is 0 Å². The Balaban J connectivity index is 2.75. The lowest BCUT2D eigenvalue weighted by Gasteiger charge is -2.29. The van der Waals surface area contributed by atoms with Crippen molar-refractivity contribution in [3.05, 3.63) is 0 Å². The maximum atomic E-state index is 11.4. The highest BCUT2D eigenvalue weighted by molar-refractivity contribution is 5.76. The van der Waals surface area contributed by atoms with Gasteiger partial charge in [0.25, 0.3) is 0 Å². The van der Waals surface area contributed by atoms with Crippen LogP contribution in [-0.4, -0.2) is 22.8 Å². The number of carbonyl (C=O) groups excluding carboxylic acids is 1. The summed E-state index contributed by atoms with van der Waals surface area (Å²) in [5, 5.41) is 10.1. The first-order valence-corrected chi connectivity index (χ1v) is 4.96. The van der Waals surface area contributed by atoms with Crippen LogP contribution in [0.4, 0.5) is 0 Å². The first kappa shape index (κ1) is 10.5. The molecule has 76 valence electrons. The van der Waals surface area contributed by atoms with E-state index in [9.17, 15) is 9.90 Å². The lowest BCUT2D eigenvalue weighted by molar-refractivity contribution is -0.150. The molecule has 0 spiro atoms. The van der Waals surface area contributed by atoms with Crippen LogP contribution in [0.3, 0.4) is 0 Å². The van der Waals surface area contributed by atoms with Gasteiger partial charge in [-0.15, -0.1) is 0 Å². The zero-order chi connectivity index (χ0) is 10.1. The Kier molecular flexibility index (Phi) is 2.96. The highest BCUT2D eigenvalue weighted by atomic mass is 16.6. The van der Waals surface area contributed by atoms with Crippen LogP contribution in [0.15, 0.2) is 0 Å². The standard InChI is InChI=1S/C10H18O3/c1-4-10(12,5-2)8-6-7(3)13-9(8)11/h7-8,12H,4-6H2,1-3H3/t7-,8-/m1/s1. The van der Waals surface area contributed by atoms with Gasteiger partial charge >= 0.3 is 5.97 Å². The largest absolute Gasteiger partial charge is 0.462 e. The average molecular weight is 186 g/mol. The van der Waals surface area contributed by atoms with Crippen LogP contribution in [0.1, 0.15) is 40.0 Å². The van der Waals surface area contributed by atoms with Crippen LogP contribution < -0.4 is 0 Å². The van der Waals surface area contributed by atoms with E-state index in [2.05, 4.69) is 0 Å². The molecule has 0 amide bonds. The first-order chi connectivity index (χ1) is 6.03. The van der Waals surface area contributed by atoms with Gasteiger partial charge in [0.2, 0.25) is 0 Å². The molecule has 3 heteroatoms. The zero-order valence-electron chi connectivity index (χ0n) is 8.54. The van der Waals surface area contributed by atoms with E-state index >= 15 is 0 Å². The predicted octanol–water partition coefficient (Wildman–Crippen LogP) is 1.49. The lowest BCUT2D eigenvalue weighted by atomic mass is 9.81. The van der Waals surface area contributed by atoms with E-state index < -0.39 is 5.60 Å². The zero-order valence-corrected chi connectivity index (χ0v) is 8.54. The molecule has 0 aromatic heterocycles. The molecule has 0 aromatic rings. The number of esters is 1. The van der Waals surface area contributed by atoms with E-state index in [1.165, 1.54) is 0 Å². The molecule has 0 radical (unpaired) electrons. The minimum Gasteiger partial charge on any atom is -0.462 e. The number of carbonyl (C=O) groups is 1. The van der Waals surface area contributed by atoms with Crippen molar-refractivity contribution in [1.82, 2.24) is 0 Å². The summed E-state index contributed by atoms with van der Waals surface area (Å²) in [6.45, 7) is 5.67. The number of rotatable bonds is 3. The van der Waals surface area contributed by atoms with Gasteiger partial charge in [0, 0.05) is 6.42 Å². The van der Waals surface area contributed by atoms with Gasteiger partial charge in [0.05, 0.1) is 17.6 Å². The molecule has 0 aliphatic carbocycles. The summed E-state index contributed by atoms with van der Waals surface area (Å²) in [6.07, 6.45) is 1.82. The molecule has 3 nitrogen and oxygen atoms in total. The minimum atomic E-state index is -0.859. The Labute approximate surface area is 79.1 Å². The number of cyclic esters (lactones) is 1. The van der Waals surface area contributed by atoms with Crippen molar-refractivity contribution >= 4 is 5.97 Å². The summed E-state index contributed by atoms with van der Waals surface area (Å²) in [4.78, 5) is 11.4. The summed E-state index contributed by atoms with van der Waals surface area (Å²) in [5.41, 5.74) is -0.859. The lowest BCUT2D eigenvalue weighted by Crippen LogP contribution is -2.39. The van der Waals surface area contributed by atoms with Gasteiger partial charge in [0.1, 0.15) is 0 Å². The maximum absolute atomic E-state index is 11.4. The van der Waals surface area contributed by atoms with Crippen molar-refractivity contribution in [3.8, 4) is 0 Å². The maximum Gasteiger partial charge on any atom is 0.312 e. The Morgan fingerprint density at radius 2 is 2.08 bits per heavy atom. The molecule has 1 aliphatic heterocycles. The second-order valence-corrected chi connectivity index (χ2v) is 3.85. The van der Waals surface area contributed by atoms with Gasteiger partial charge in [-0.25, -0.2) is 0 Å². The topological polar surface area (TPSA) is 46.5 Å². The van der Waals surface area contributed by atoms with Crippen LogP contribution >= 0.6 is 0 Å². The second kappa shape index (κ2) is 3.66. The van der Waals surface area contributed by atoms with Crippen LogP contribution in [-0.2, 0) is 9.53 Å². The van der Waals surface area contributed by atoms with E-state index in [-0.39, 0.29) is 18.0 Å². The summed E-state index contributed by atoms with van der Waals surface area (Å²) < 4.78 is 5.02. The molecule has 0 saturated carbocycles. The first-order valence-electron chi connectivity index (χ1n) is 4.96. The minimum absolute atomic E-state index is 0.0397. The van der Waals surface area contributed by atoms with Crippen molar-refractivity contribution in [1.29, 1.82) is 0 Å². The fourth-order valence-electron chi connectivity index (χ4n) is 1.94. The highest BCUT2D eigenvalue weighted by Crippen LogP contribution is 2.34. The van der Waals surface area contributed by atoms with Crippen molar-refractivity contribution < 1.29 is 14.6 Å². The molecule has 1 aliphatic rings. The molecular formula is C10H18O3. The Morgan fingerprint density at radius 1 is 1.54 bits per heavy atom. The molecule has 0 unspecified atom stereocenters. The van der Waals surface area contributed by atoms with Gasteiger partial charge in [-0.3, -0.25) is 4.79 Å². The number of ether oxygens (including phenoxy) is 1. The van der Waals surface area contributed by atoms with Crippen LogP contribution in [0.5, 0.6) is 0 Å². The molecule has 2 atom stereocenters. The summed E-state index contributed by atoms with van der Waals surface area (Å²) in [7, 11) is 0. The van der Waals surface area contributed by atoms with Gasteiger partial charge in [-0.2, -0.15) is 0 Å². The Bertz CT molecular complexity index is 196. The SMILES string of the molecule is CCC(O)(CC)[C@@H]1C[C@@H](C)OC1=O. The van der Waals surface area contributed by atoms with E-state index in [4.69, 9.17) is 4.74 Å². The van der Waals surface area contributed by atoms with Gasteiger partial charge in [0.15, 0.2) is 0 Å². The molecule has 13 heavy (non-hydrogen) atoms. The molecular weight excluding hydrogens is 168 g/mol. The van der Waals surface area contributed by atoms with Gasteiger partial charge < -0.3 is 9.84 Å². The van der Waals surface area contributed by atoms with Crippen molar-refractivity contribution in [2.24, 2.45) is 5.92 Å². The Hall–Kier alpha value is -0.570.